The van der Waals surface area contributed by atoms with Gasteiger partial charge in [0.2, 0.25) is 11.9 Å². The van der Waals surface area contributed by atoms with Crippen molar-refractivity contribution in [3.8, 4) is 0 Å². The molecule has 0 aromatic carbocycles. The van der Waals surface area contributed by atoms with Crippen LogP contribution in [-0.2, 0) is 17.5 Å². The Kier molecular flexibility index (Phi) is 5.50. The van der Waals surface area contributed by atoms with Crippen molar-refractivity contribution >= 4 is 17.7 Å². The minimum absolute atomic E-state index is 0.0769. The number of rotatable bonds is 6. The summed E-state index contributed by atoms with van der Waals surface area (Å²) in [5.74, 6) is -0.0678. The summed E-state index contributed by atoms with van der Waals surface area (Å²) in [5, 5.41) is 5.19. The Hall–Kier alpha value is -2.78. The molecule has 0 fully saturated rings. The van der Waals surface area contributed by atoms with Crippen LogP contribution in [0.3, 0.4) is 0 Å². The first kappa shape index (κ1) is 18.6. The number of hydrogen-bond donors (Lipinski definition) is 2. The second-order valence-corrected chi connectivity index (χ2v) is 5.49. The van der Waals surface area contributed by atoms with Gasteiger partial charge in [-0.05, 0) is 19.1 Å². The molecule has 1 atom stereocenters. The second kappa shape index (κ2) is 7.41. The molecule has 0 aliphatic heterocycles. The third-order valence-corrected chi connectivity index (χ3v) is 3.22. The van der Waals surface area contributed by atoms with Gasteiger partial charge in [0.15, 0.2) is 5.69 Å². The lowest BCUT2D eigenvalue weighted by atomic mass is 10.3. The van der Waals surface area contributed by atoms with Crippen molar-refractivity contribution in [3.05, 3.63) is 35.9 Å². The molecule has 136 valence electrons. The highest BCUT2D eigenvalue weighted by Gasteiger charge is 2.34. The van der Waals surface area contributed by atoms with E-state index in [2.05, 4.69) is 20.6 Å². The zero-order valence-corrected chi connectivity index (χ0v) is 13.9. The highest BCUT2D eigenvalue weighted by atomic mass is 19.4. The zero-order valence-electron chi connectivity index (χ0n) is 13.9. The molecule has 0 aliphatic rings. The fourth-order valence-electron chi connectivity index (χ4n) is 1.87. The van der Waals surface area contributed by atoms with Crippen molar-refractivity contribution in [2.24, 2.45) is 0 Å². The number of carbonyl (C=O) groups is 1. The van der Waals surface area contributed by atoms with E-state index in [1.807, 2.05) is 0 Å². The molecule has 0 saturated carbocycles. The van der Waals surface area contributed by atoms with Crippen LogP contribution in [0.15, 0.2) is 28.9 Å². The van der Waals surface area contributed by atoms with Gasteiger partial charge in [-0.3, -0.25) is 4.79 Å². The van der Waals surface area contributed by atoms with Gasteiger partial charge >= 0.3 is 6.18 Å². The number of carbonyl (C=O) groups excluding carboxylic acids is 1. The smallest absolute Gasteiger partial charge is 0.433 e. The highest BCUT2D eigenvalue weighted by Crippen LogP contribution is 2.30. The molecule has 25 heavy (non-hydrogen) atoms. The van der Waals surface area contributed by atoms with Crippen molar-refractivity contribution in [1.82, 2.24) is 15.3 Å². The molecule has 1 amide bonds. The number of amides is 1. The molecule has 2 N–H and O–H groups in total. The van der Waals surface area contributed by atoms with Gasteiger partial charge in [0.25, 0.3) is 0 Å². The van der Waals surface area contributed by atoms with Gasteiger partial charge in [-0.25, -0.2) is 4.98 Å². The summed E-state index contributed by atoms with van der Waals surface area (Å²) in [5.41, 5.74) is -1.09. The van der Waals surface area contributed by atoms with Crippen LogP contribution >= 0.6 is 0 Å². The first-order valence-electron chi connectivity index (χ1n) is 7.37. The summed E-state index contributed by atoms with van der Waals surface area (Å²) in [7, 11) is 3.12. The summed E-state index contributed by atoms with van der Waals surface area (Å²) in [6.45, 7) is 1.67. The summed E-state index contributed by atoms with van der Waals surface area (Å²) >= 11 is 0. The van der Waals surface area contributed by atoms with Gasteiger partial charge in [0.05, 0.1) is 12.8 Å². The molecule has 0 spiro atoms. The van der Waals surface area contributed by atoms with Crippen LogP contribution in [-0.4, -0.2) is 36.0 Å². The molecule has 2 heterocycles. The van der Waals surface area contributed by atoms with Crippen molar-refractivity contribution in [1.29, 1.82) is 0 Å². The molecule has 0 saturated heterocycles. The monoisotopic (exact) mass is 357 g/mol. The lowest BCUT2D eigenvalue weighted by Crippen LogP contribution is -2.37. The minimum atomic E-state index is -4.62. The minimum Gasteiger partial charge on any atom is -0.467 e. The zero-order chi connectivity index (χ0) is 18.6. The first-order chi connectivity index (χ1) is 11.7. The standard InChI is InChI=1S/C15H18F3N5O2/c1-9(13(24)19-8-10-5-4-6-25-10)20-14-21-11(15(16,17)18)7-12(22-14)23(2)3/h4-7,9H,8H2,1-3H3,(H,19,24)(H,20,21,22). The lowest BCUT2D eigenvalue weighted by molar-refractivity contribution is -0.141. The molecule has 2 rings (SSSR count). The predicted octanol–water partition coefficient (Wildman–Crippen LogP) is 2.27. The van der Waals surface area contributed by atoms with Gasteiger partial charge in [0.1, 0.15) is 17.6 Å². The second-order valence-electron chi connectivity index (χ2n) is 5.49. The topological polar surface area (TPSA) is 83.3 Å². The summed E-state index contributed by atoms with van der Waals surface area (Å²) in [6, 6.07) is 3.38. The molecule has 2 aromatic rings. The van der Waals surface area contributed by atoms with Crippen LogP contribution in [0, 0.1) is 0 Å². The van der Waals surface area contributed by atoms with Crippen molar-refractivity contribution in [2.75, 3.05) is 24.3 Å². The van der Waals surface area contributed by atoms with Crippen LogP contribution in [0.1, 0.15) is 18.4 Å². The normalized spacial score (nSPS) is 12.6. The molecule has 7 nitrogen and oxygen atoms in total. The fourth-order valence-corrected chi connectivity index (χ4v) is 1.87. The number of halogens is 3. The Morgan fingerprint density at radius 1 is 1.36 bits per heavy atom. The maximum Gasteiger partial charge on any atom is 0.433 e. The maximum absolute atomic E-state index is 13.0. The molecule has 1 unspecified atom stereocenters. The summed E-state index contributed by atoms with van der Waals surface area (Å²) in [6.07, 6.45) is -3.14. The number of nitrogens with zero attached hydrogens (tertiary/aromatic N) is 3. The molecular formula is C15H18F3N5O2. The van der Waals surface area contributed by atoms with Crippen LogP contribution in [0.25, 0.3) is 0 Å². The largest absolute Gasteiger partial charge is 0.467 e. The molecule has 0 radical (unpaired) electrons. The number of anilines is 2. The SMILES string of the molecule is CC(Nc1nc(N(C)C)cc(C(F)(F)F)n1)C(=O)NCc1ccco1. The van der Waals surface area contributed by atoms with Crippen molar-refractivity contribution in [3.63, 3.8) is 0 Å². The number of aromatic nitrogens is 2. The summed E-state index contributed by atoms with van der Waals surface area (Å²) in [4.78, 5) is 20.9. The van der Waals surface area contributed by atoms with E-state index in [9.17, 15) is 18.0 Å². The number of hydrogen-bond acceptors (Lipinski definition) is 6. The first-order valence-corrected chi connectivity index (χ1v) is 7.37. The van der Waals surface area contributed by atoms with Gasteiger partial charge in [-0.2, -0.15) is 18.2 Å². The van der Waals surface area contributed by atoms with E-state index in [1.54, 1.807) is 26.2 Å². The van der Waals surface area contributed by atoms with Crippen molar-refractivity contribution in [2.45, 2.75) is 25.7 Å². The van der Waals surface area contributed by atoms with E-state index in [0.717, 1.165) is 6.07 Å². The fraction of sp³-hybridized carbons (Fsp3) is 0.400. The molecule has 0 bridgehead atoms. The van der Waals surface area contributed by atoms with Crippen LogP contribution in [0.2, 0.25) is 0 Å². The number of nitrogens with one attached hydrogen (secondary N) is 2. The van der Waals surface area contributed by atoms with E-state index in [0.29, 0.717) is 5.76 Å². The Morgan fingerprint density at radius 2 is 2.08 bits per heavy atom. The van der Waals surface area contributed by atoms with Crippen molar-refractivity contribution < 1.29 is 22.4 Å². The number of alkyl halides is 3. The lowest BCUT2D eigenvalue weighted by Gasteiger charge is -2.18. The molecular weight excluding hydrogens is 339 g/mol. The Morgan fingerprint density at radius 3 is 2.64 bits per heavy atom. The Balaban J connectivity index is 2.09. The maximum atomic E-state index is 13.0. The third-order valence-electron chi connectivity index (χ3n) is 3.22. The Bertz CT molecular complexity index is 716. The van der Waals surface area contributed by atoms with Crippen LogP contribution in [0.4, 0.5) is 24.9 Å². The van der Waals surface area contributed by atoms with E-state index >= 15 is 0 Å². The summed E-state index contributed by atoms with van der Waals surface area (Å²) < 4.78 is 44.0. The van der Waals surface area contributed by atoms with Crippen LogP contribution < -0.4 is 15.5 Å². The van der Waals surface area contributed by atoms with E-state index in [1.165, 1.54) is 18.1 Å². The molecule has 0 aliphatic carbocycles. The van der Waals surface area contributed by atoms with Gasteiger partial charge in [-0.15, -0.1) is 0 Å². The average Bonchev–Trinajstić information content (AvgIpc) is 3.04. The van der Waals surface area contributed by atoms with E-state index in [-0.39, 0.29) is 18.3 Å². The quantitative estimate of drug-likeness (QED) is 0.825. The Labute approximate surface area is 142 Å². The number of furan rings is 1. The van der Waals surface area contributed by atoms with E-state index < -0.39 is 23.8 Å². The van der Waals surface area contributed by atoms with Crippen LogP contribution in [0.5, 0.6) is 0 Å². The third kappa shape index (κ3) is 5.10. The molecule has 10 heteroatoms. The van der Waals surface area contributed by atoms with Gasteiger partial charge < -0.3 is 20.0 Å². The predicted molar refractivity (Wildman–Crippen MR) is 85.0 cm³/mol. The molecule has 2 aromatic heterocycles. The average molecular weight is 357 g/mol. The van der Waals surface area contributed by atoms with Gasteiger partial charge in [0, 0.05) is 20.2 Å². The van der Waals surface area contributed by atoms with E-state index in [4.69, 9.17) is 4.42 Å². The highest BCUT2D eigenvalue weighted by molar-refractivity contribution is 5.83. The van der Waals surface area contributed by atoms with Gasteiger partial charge in [-0.1, -0.05) is 0 Å².